The van der Waals surface area contributed by atoms with E-state index in [0.29, 0.717) is 51.3 Å². The molecule has 7 nitrogen and oxygen atoms in total. The number of fused-ring (bicyclic) bond motifs is 2. The Balaban J connectivity index is 1.19. The quantitative estimate of drug-likeness (QED) is 0.207. The predicted octanol–water partition coefficient (Wildman–Crippen LogP) is 4.12. The number of rotatable bonds is 6. The summed E-state index contributed by atoms with van der Waals surface area (Å²) in [4.78, 5) is 18.3. The summed E-state index contributed by atoms with van der Waals surface area (Å²) in [5.41, 5.74) is 0.859. The summed E-state index contributed by atoms with van der Waals surface area (Å²) in [7, 11) is 0. The van der Waals surface area contributed by atoms with Gasteiger partial charge in [0.15, 0.2) is 0 Å². The smallest absolute Gasteiger partial charge is 0.338 e. The highest BCUT2D eigenvalue weighted by molar-refractivity contribution is 5.92. The van der Waals surface area contributed by atoms with Crippen LogP contribution in [0.3, 0.4) is 0 Å². The van der Waals surface area contributed by atoms with Gasteiger partial charge in [0.25, 0.3) is 0 Å². The fourth-order valence-electron chi connectivity index (χ4n) is 4.49. The van der Waals surface area contributed by atoms with Crippen molar-refractivity contribution in [2.24, 2.45) is 0 Å². The average molecular weight is 448 g/mol. The highest BCUT2D eigenvalue weighted by atomic mass is 19.1. The maximum absolute atomic E-state index is 13.8. The molecule has 0 radical (unpaired) electrons. The van der Waals surface area contributed by atoms with Crippen LogP contribution in [0.4, 0.5) is 15.9 Å². The molecule has 8 heteroatoms. The molecule has 3 heterocycles. The number of nitrogens with zero attached hydrogens (tertiary/aromatic N) is 3. The van der Waals surface area contributed by atoms with Gasteiger partial charge in [-0.3, -0.25) is 0 Å². The zero-order chi connectivity index (χ0) is 22.8. The van der Waals surface area contributed by atoms with Crippen molar-refractivity contribution in [3.63, 3.8) is 0 Å². The molecule has 0 bridgehead atoms. The second-order valence-corrected chi connectivity index (χ2v) is 8.47. The number of anilines is 2. The van der Waals surface area contributed by atoms with E-state index in [1.54, 1.807) is 18.3 Å². The van der Waals surface area contributed by atoms with E-state index in [9.17, 15) is 14.4 Å². The number of pyridine rings is 1. The molecule has 1 saturated heterocycles. The largest absolute Gasteiger partial charge is 0.633 e. The van der Waals surface area contributed by atoms with Crippen molar-refractivity contribution in [1.29, 1.82) is 0 Å². The molecule has 0 saturated carbocycles. The summed E-state index contributed by atoms with van der Waals surface area (Å²) in [5.74, 6) is 0.439. The monoisotopic (exact) mass is 448 g/mol. The van der Waals surface area contributed by atoms with Crippen molar-refractivity contribution < 1.29 is 13.5 Å². The van der Waals surface area contributed by atoms with Gasteiger partial charge in [-0.05, 0) is 35.7 Å². The molecule has 5 rings (SSSR count). The fourth-order valence-corrected chi connectivity index (χ4v) is 4.49. The molecule has 1 aliphatic heterocycles. The number of hydrogen-bond acceptors (Lipinski definition) is 6. The molecule has 0 aliphatic carbocycles. The van der Waals surface area contributed by atoms with Gasteiger partial charge in [-0.1, -0.05) is 18.2 Å². The van der Waals surface area contributed by atoms with Crippen molar-refractivity contribution >= 4 is 33.2 Å². The summed E-state index contributed by atoms with van der Waals surface area (Å²) < 4.78 is 18.7. The topological polar surface area (TPSA) is 81.4 Å². The number of piperazine rings is 1. The van der Waals surface area contributed by atoms with Crippen LogP contribution in [-0.4, -0.2) is 48.9 Å². The first kappa shape index (κ1) is 21.4. The highest BCUT2D eigenvalue weighted by Crippen LogP contribution is 2.27. The molecular formula is C25H25FN4O3. The van der Waals surface area contributed by atoms with Crippen molar-refractivity contribution in [1.82, 2.24) is 4.98 Å². The maximum atomic E-state index is 13.8. The first-order valence-corrected chi connectivity index (χ1v) is 11.1. The van der Waals surface area contributed by atoms with E-state index in [4.69, 9.17) is 4.42 Å². The van der Waals surface area contributed by atoms with Gasteiger partial charge in [0.2, 0.25) is 0 Å². The van der Waals surface area contributed by atoms with Gasteiger partial charge < -0.3 is 24.5 Å². The Hall–Kier alpha value is -3.49. The number of hydroxylamine groups is 3. The maximum Gasteiger partial charge on any atom is 0.338 e. The lowest BCUT2D eigenvalue weighted by Crippen LogP contribution is -2.57. The average Bonchev–Trinajstić information content (AvgIpc) is 2.82. The van der Waals surface area contributed by atoms with Crippen LogP contribution in [0.1, 0.15) is 6.42 Å². The fraction of sp³-hybridized carbons (Fsp3) is 0.280. The van der Waals surface area contributed by atoms with Gasteiger partial charge in [0.05, 0.1) is 38.4 Å². The standard InChI is InChI=1S/C25H25FN4O3/c26-19-7-6-18-8-10-28-25(21(18)16-19)29-11-14-30(32,15-12-29)13-3-9-27-22-17-24(31)33-23-5-2-1-4-20(22)23/h1-2,4-8,10,16-17,27H,3,9,11-15H2. The minimum absolute atomic E-state index is 0.269. The van der Waals surface area contributed by atoms with E-state index >= 15 is 0 Å². The highest BCUT2D eigenvalue weighted by Gasteiger charge is 2.26. The predicted molar refractivity (Wildman–Crippen MR) is 128 cm³/mol. The number of halogens is 1. The van der Waals surface area contributed by atoms with Crippen LogP contribution in [0.15, 0.2) is 70.0 Å². The third-order valence-electron chi connectivity index (χ3n) is 6.27. The Labute approximate surface area is 190 Å². The third-order valence-corrected chi connectivity index (χ3v) is 6.27. The first-order valence-electron chi connectivity index (χ1n) is 11.1. The Morgan fingerprint density at radius 1 is 1.09 bits per heavy atom. The van der Waals surface area contributed by atoms with Gasteiger partial charge in [0.1, 0.15) is 17.2 Å². The van der Waals surface area contributed by atoms with Crippen LogP contribution in [0.5, 0.6) is 0 Å². The van der Waals surface area contributed by atoms with Crippen molar-refractivity contribution in [2.75, 3.05) is 49.5 Å². The van der Waals surface area contributed by atoms with Crippen LogP contribution in [0, 0.1) is 11.0 Å². The normalized spacial score (nSPS) is 15.8. The SMILES string of the molecule is O=c1cc(NCCC[N+]2([O-])CCN(c3nccc4ccc(F)cc34)CC2)c2ccccc2o1. The van der Waals surface area contributed by atoms with Crippen molar-refractivity contribution in [3.8, 4) is 0 Å². The van der Waals surface area contributed by atoms with E-state index < -0.39 is 5.63 Å². The molecule has 0 spiro atoms. The summed E-state index contributed by atoms with van der Waals surface area (Å²) >= 11 is 0. The van der Waals surface area contributed by atoms with Crippen molar-refractivity contribution in [3.05, 3.63) is 82.2 Å². The molecule has 2 aromatic carbocycles. The Morgan fingerprint density at radius 2 is 1.91 bits per heavy atom. The van der Waals surface area contributed by atoms with Crippen molar-refractivity contribution in [2.45, 2.75) is 6.42 Å². The summed E-state index contributed by atoms with van der Waals surface area (Å²) in [6.07, 6.45) is 2.40. The summed E-state index contributed by atoms with van der Waals surface area (Å²) in [5, 5.41) is 19.1. The Morgan fingerprint density at radius 3 is 2.76 bits per heavy atom. The minimum atomic E-state index is -0.401. The number of quaternary nitrogens is 1. The van der Waals surface area contributed by atoms with E-state index in [1.807, 2.05) is 24.3 Å². The van der Waals surface area contributed by atoms with E-state index in [-0.39, 0.29) is 10.5 Å². The molecule has 33 heavy (non-hydrogen) atoms. The molecule has 1 N–H and O–H groups in total. The lowest BCUT2D eigenvalue weighted by Gasteiger charge is -2.48. The van der Waals surface area contributed by atoms with Crippen LogP contribution in [-0.2, 0) is 0 Å². The second kappa shape index (κ2) is 8.80. The first-order chi connectivity index (χ1) is 16.0. The second-order valence-electron chi connectivity index (χ2n) is 8.47. The van der Waals surface area contributed by atoms with Gasteiger partial charge in [-0.2, -0.15) is 0 Å². The molecule has 0 unspecified atom stereocenters. The molecule has 1 fully saturated rings. The van der Waals surface area contributed by atoms with Gasteiger partial charge in [-0.25, -0.2) is 14.2 Å². The molecular weight excluding hydrogens is 423 g/mol. The van der Waals surface area contributed by atoms with Crippen LogP contribution in [0.2, 0.25) is 0 Å². The van der Waals surface area contributed by atoms with Gasteiger partial charge in [0, 0.05) is 36.0 Å². The van der Waals surface area contributed by atoms with Crippen LogP contribution < -0.4 is 15.8 Å². The Kier molecular flexibility index (Phi) is 5.70. The molecule has 0 atom stereocenters. The number of benzene rings is 2. The van der Waals surface area contributed by atoms with E-state index in [0.717, 1.165) is 27.7 Å². The van der Waals surface area contributed by atoms with Gasteiger partial charge in [-0.15, -0.1) is 0 Å². The van der Waals surface area contributed by atoms with Crippen LogP contribution in [0.25, 0.3) is 21.7 Å². The van der Waals surface area contributed by atoms with E-state index in [2.05, 4.69) is 15.2 Å². The molecule has 4 aromatic rings. The lowest BCUT2D eigenvalue weighted by molar-refractivity contribution is -0.881. The zero-order valence-corrected chi connectivity index (χ0v) is 18.2. The lowest BCUT2D eigenvalue weighted by atomic mass is 10.1. The number of nitrogens with one attached hydrogen (secondary N) is 1. The van der Waals surface area contributed by atoms with Crippen LogP contribution >= 0.6 is 0 Å². The summed E-state index contributed by atoms with van der Waals surface area (Å²) in [6, 6.07) is 15.4. The minimum Gasteiger partial charge on any atom is -0.633 e. The number of aromatic nitrogens is 1. The zero-order valence-electron chi connectivity index (χ0n) is 18.2. The molecule has 1 aliphatic rings. The summed E-state index contributed by atoms with van der Waals surface area (Å²) in [6.45, 7) is 3.12. The number of hydrogen-bond donors (Lipinski definition) is 1. The molecule has 2 aromatic heterocycles. The molecule has 0 amide bonds. The Bertz CT molecular complexity index is 1350. The number of para-hydroxylation sites is 1. The molecule has 170 valence electrons. The third kappa shape index (κ3) is 4.53. The van der Waals surface area contributed by atoms with Gasteiger partial charge >= 0.3 is 5.63 Å². The van der Waals surface area contributed by atoms with E-state index in [1.165, 1.54) is 18.2 Å².